The molecule has 0 fully saturated rings. The normalized spacial score (nSPS) is 10.4. The van der Waals surface area contributed by atoms with Crippen LogP contribution in [0.1, 0.15) is 41.5 Å². The third-order valence-corrected chi connectivity index (χ3v) is 18.5. The van der Waals surface area contributed by atoms with Gasteiger partial charge in [0.15, 0.2) is 0 Å². The zero-order chi connectivity index (χ0) is 19.7. The third-order valence-electron chi connectivity index (χ3n) is 3.08. The van der Waals surface area contributed by atoms with Crippen LogP contribution < -0.4 is 0 Å². The van der Waals surface area contributed by atoms with Gasteiger partial charge in [-0.3, -0.25) is 0 Å². The second-order valence-corrected chi connectivity index (χ2v) is 23.6. The molecule has 0 aliphatic rings. The molecule has 0 aromatic rings. The first-order chi connectivity index (χ1) is 11.2. The van der Waals surface area contributed by atoms with E-state index in [0.717, 1.165) is 0 Å². The van der Waals surface area contributed by atoms with Gasteiger partial charge in [-0.15, -0.1) is 0 Å². The fraction of sp³-hybridized carbons (Fsp3) is 0.800. The molecule has 0 heterocycles. The molecule has 148 valence electrons. The van der Waals surface area contributed by atoms with Gasteiger partial charge in [-0.25, -0.2) is 0 Å². The predicted molar refractivity (Wildman–Crippen MR) is 108 cm³/mol. The summed E-state index contributed by atoms with van der Waals surface area (Å²) < 4.78 is -3.11. The minimum absolute atomic E-state index is 0.229. The van der Waals surface area contributed by atoms with Gasteiger partial charge in [-0.05, 0) is 0 Å². The molecule has 0 rings (SSSR count). The van der Waals surface area contributed by atoms with E-state index in [1.807, 2.05) is 0 Å². The number of carbonyl (C=O) groups excluding carboxylic acids is 3. The summed E-state index contributed by atoms with van der Waals surface area (Å²) in [5.74, 6) is 0. The Balaban J connectivity index is -0.000000283. The zero-order valence-electron chi connectivity index (χ0n) is 15.3. The van der Waals surface area contributed by atoms with E-state index in [-0.39, 0.29) is 29.3 Å². The van der Waals surface area contributed by atoms with Crippen molar-refractivity contribution in [2.24, 2.45) is 0 Å². The van der Waals surface area contributed by atoms with Crippen molar-refractivity contribution >= 4 is 75.6 Å². The first-order valence-electron chi connectivity index (χ1n) is 7.82. The van der Waals surface area contributed by atoms with Crippen molar-refractivity contribution in [2.45, 2.75) is 72.8 Å². The number of rotatable bonds is 9. The molecular weight excluding hydrogens is 587 g/mol. The molecule has 0 aliphatic carbocycles. The van der Waals surface area contributed by atoms with Crippen LogP contribution in [-0.4, -0.2) is 40.8 Å². The van der Waals surface area contributed by atoms with Gasteiger partial charge in [0, 0.05) is 0 Å². The minimum atomic E-state index is -2.99. The van der Waals surface area contributed by atoms with Crippen molar-refractivity contribution in [3.05, 3.63) is 0 Å². The van der Waals surface area contributed by atoms with E-state index in [4.69, 9.17) is 34.8 Å². The Bertz CT molecular complexity index is 297. The zero-order valence-corrected chi connectivity index (χ0v) is 23.0. The Morgan fingerprint density at radius 3 is 0.750 bits per heavy atom. The Morgan fingerprint density at radius 2 is 0.750 bits per heavy atom. The molecule has 0 N–H and O–H groups in total. The molecule has 0 bridgehead atoms. The molecule has 0 aromatic heterocycles. The van der Waals surface area contributed by atoms with Crippen LogP contribution in [0.25, 0.3) is 0 Å². The van der Waals surface area contributed by atoms with Crippen molar-refractivity contribution in [1.82, 2.24) is 0 Å². The average Bonchev–Trinajstić information content (AvgIpc) is 2.50. The first-order valence-corrected chi connectivity index (χ1v) is 19.4. The SMILES string of the molecule is CC[As](CC)CC.CC[As](CC)CC.O=[C](Cl)[Rh]([C](=O)Cl)[C](=O)Cl. The Hall–Kier alpha value is 1.62. The molecule has 0 amide bonds. The van der Waals surface area contributed by atoms with Crippen LogP contribution in [-0.2, 0) is 16.0 Å². The van der Waals surface area contributed by atoms with E-state index in [0.29, 0.717) is 0 Å². The molecule has 0 aliphatic heterocycles. The van der Waals surface area contributed by atoms with E-state index in [9.17, 15) is 14.4 Å². The first kappa shape index (κ1) is 30.4. The number of hydrogen-bond donors (Lipinski definition) is 0. The van der Waals surface area contributed by atoms with Gasteiger partial charge in [0.1, 0.15) is 0 Å². The fourth-order valence-electron chi connectivity index (χ4n) is 1.50. The Morgan fingerprint density at radius 1 is 0.583 bits per heavy atom. The van der Waals surface area contributed by atoms with Gasteiger partial charge in [0.25, 0.3) is 0 Å². The number of hydrogen-bond acceptors (Lipinski definition) is 3. The van der Waals surface area contributed by atoms with E-state index >= 15 is 0 Å². The quantitative estimate of drug-likeness (QED) is 0.196. The second kappa shape index (κ2) is 20.9. The van der Waals surface area contributed by atoms with Gasteiger partial charge >= 0.3 is 179 Å². The molecule has 9 heteroatoms. The maximum atomic E-state index is 10.2. The van der Waals surface area contributed by atoms with E-state index in [2.05, 4.69) is 41.5 Å². The fourth-order valence-corrected chi connectivity index (χ4v) is 10.5. The van der Waals surface area contributed by atoms with Gasteiger partial charge in [0.2, 0.25) is 0 Å². The summed E-state index contributed by atoms with van der Waals surface area (Å²) in [6, 6.07) is 0. The molecule has 0 saturated heterocycles. The van der Waals surface area contributed by atoms with Gasteiger partial charge < -0.3 is 0 Å². The summed E-state index contributed by atoms with van der Waals surface area (Å²) >= 11 is 11.1. The van der Waals surface area contributed by atoms with Crippen LogP contribution in [0, 0.1) is 0 Å². The van der Waals surface area contributed by atoms with Crippen LogP contribution in [0.4, 0.5) is 14.4 Å². The summed E-state index contributed by atoms with van der Waals surface area (Å²) in [4.78, 5) is 30.7. The van der Waals surface area contributed by atoms with E-state index in [1.54, 1.807) is 0 Å². The number of halogens is 3. The van der Waals surface area contributed by atoms with Gasteiger partial charge in [-0.1, -0.05) is 0 Å². The maximum absolute atomic E-state index is 10.2. The van der Waals surface area contributed by atoms with Crippen LogP contribution in [0.2, 0.25) is 31.3 Å². The molecule has 0 unspecified atom stereocenters. The van der Waals surface area contributed by atoms with Crippen molar-refractivity contribution < 1.29 is 30.3 Å². The molecular formula is C15H30As2Cl3O3Rh. The number of carbonyl (C=O) groups is 3. The summed E-state index contributed by atoms with van der Waals surface area (Å²) in [5, 5.41) is 9.00. The van der Waals surface area contributed by atoms with Crippen LogP contribution in [0.15, 0.2) is 0 Å². The van der Waals surface area contributed by atoms with E-state index < -0.39 is 27.5 Å². The summed E-state index contributed by atoms with van der Waals surface area (Å²) in [6.07, 6.45) is 0. The van der Waals surface area contributed by atoms with Crippen molar-refractivity contribution in [3.63, 3.8) is 0 Å². The summed E-state index contributed by atoms with van der Waals surface area (Å²) in [5.41, 5.74) is 0. The monoisotopic (exact) mass is 616 g/mol. The van der Waals surface area contributed by atoms with Gasteiger partial charge in [0.05, 0.1) is 0 Å². The third kappa shape index (κ3) is 18.4. The topological polar surface area (TPSA) is 51.2 Å². The molecule has 3 nitrogen and oxygen atoms in total. The average molecular weight is 618 g/mol. The van der Waals surface area contributed by atoms with Crippen LogP contribution in [0.5, 0.6) is 0 Å². The van der Waals surface area contributed by atoms with E-state index in [1.165, 1.54) is 31.3 Å². The van der Waals surface area contributed by atoms with Gasteiger partial charge in [-0.2, -0.15) is 0 Å². The van der Waals surface area contributed by atoms with Crippen molar-refractivity contribution in [2.75, 3.05) is 0 Å². The summed E-state index contributed by atoms with van der Waals surface area (Å²) in [7, 11) is 0. The molecule has 0 radical (unpaired) electrons. The van der Waals surface area contributed by atoms with Crippen molar-refractivity contribution in [1.29, 1.82) is 0 Å². The molecule has 24 heavy (non-hydrogen) atoms. The Labute approximate surface area is 177 Å². The Kier molecular flexibility index (Phi) is 26.5. The summed E-state index contributed by atoms with van der Waals surface area (Å²) in [6.45, 7) is 14.0. The van der Waals surface area contributed by atoms with Crippen LogP contribution in [0.3, 0.4) is 0 Å². The molecule has 0 aromatic carbocycles. The second-order valence-electron chi connectivity index (χ2n) is 4.11. The van der Waals surface area contributed by atoms with Crippen LogP contribution >= 0.6 is 34.8 Å². The molecule has 0 saturated carbocycles. The standard InChI is InChI=1S/2C6H15As.3CClO.Rh/c2*1-4-7(5-2)6-3;3*2-1-3;/h2*4-6H2,1-3H3;;;;. The van der Waals surface area contributed by atoms with Crippen molar-refractivity contribution in [3.8, 4) is 0 Å². The predicted octanol–water partition coefficient (Wildman–Crippen LogP) is 7.76. The molecule has 0 atom stereocenters. The molecule has 0 spiro atoms.